The summed E-state index contributed by atoms with van der Waals surface area (Å²) in [6, 6.07) is 11.1. The molecule has 2 aliphatic heterocycles. The number of rotatable bonds is 1. The van der Waals surface area contributed by atoms with Gasteiger partial charge in [-0.15, -0.1) is 23.1 Å². The second-order valence-corrected chi connectivity index (χ2v) is 6.84. The fraction of sp³-hybridized carbons (Fsp3) is 0.200. The van der Waals surface area contributed by atoms with Gasteiger partial charge in [0.25, 0.3) is 0 Å². The molecule has 2 unspecified atom stereocenters. The second kappa shape index (κ2) is 4.62. The van der Waals surface area contributed by atoms with E-state index in [0.717, 1.165) is 5.75 Å². The molecule has 1 aromatic heterocycles. The molecule has 0 aliphatic carbocycles. The Bertz CT molecular complexity index is 660. The van der Waals surface area contributed by atoms with Crippen LogP contribution in [-0.4, -0.2) is 18.6 Å². The summed E-state index contributed by atoms with van der Waals surface area (Å²) < 4.78 is 1.43. The Morgan fingerprint density at radius 3 is 2.95 bits per heavy atom. The van der Waals surface area contributed by atoms with E-state index in [0.29, 0.717) is 5.92 Å². The number of nitrogens with zero attached hydrogens (tertiary/aromatic N) is 2. The van der Waals surface area contributed by atoms with Gasteiger partial charge in [-0.25, -0.2) is 4.99 Å². The molecule has 0 saturated heterocycles. The lowest BCUT2D eigenvalue weighted by atomic mass is 9.85. The third kappa shape index (κ3) is 1.86. The van der Waals surface area contributed by atoms with Gasteiger partial charge in [-0.1, -0.05) is 24.3 Å². The number of benzene rings is 1. The quantitative estimate of drug-likeness (QED) is 0.777. The van der Waals surface area contributed by atoms with Crippen molar-refractivity contribution in [3.05, 3.63) is 52.4 Å². The van der Waals surface area contributed by atoms with Crippen molar-refractivity contribution >= 4 is 35.7 Å². The van der Waals surface area contributed by atoms with E-state index in [1.165, 1.54) is 20.9 Å². The van der Waals surface area contributed by atoms with Crippen LogP contribution in [-0.2, 0) is 5.75 Å². The zero-order valence-electron chi connectivity index (χ0n) is 10.2. The van der Waals surface area contributed by atoms with E-state index in [4.69, 9.17) is 0 Å². The minimum atomic E-state index is 0.146. The van der Waals surface area contributed by atoms with Crippen LogP contribution in [0, 0.1) is 0 Å². The molecular formula is C15H12N2S2. The highest BCUT2D eigenvalue weighted by molar-refractivity contribution is 8.00. The molecule has 0 saturated carbocycles. The fourth-order valence-corrected chi connectivity index (χ4v) is 4.95. The van der Waals surface area contributed by atoms with Gasteiger partial charge in [0.05, 0.1) is 10.3 Å². The van der Waals surface area contributed by atoms with Crippen molar-refractivity contribution in [3.8, 4) is 0 Å². The molecule has 0 amide bonds. The van der Waals surface area contributed by atoms with E-state index >= 15 is 0 Å². The van der Waals surface area contributed by atoms with E-state index in [1.54, 1.807) is 6.34 Å². The summed E-state index contributed by atoms with van der Waals surface area (Å²) >= 11 is 3.78. The fourth-order valence-electron chi connectivity index (χ4n) is 2.75. The second-order valence-electron chi connectivity index (χ2n) is 4.68. The van der Waals surface area contributed by atoms with E-state index < -0.39 is 0 Å². The van der Waals surface area contributed by atoms with Crippen molar-refractivity contribution in [2.75, 3.05) is 0 Å². The van der Waals surface area contributed by atoms with E-state index in [9.17, 15) is 0 Å². The lowest BCUT2D eigenvalue weighted by Gasteiger charge is -2.20. The molecule has 0 bridgehead atoms. The van der Waals surface area contributed by atoms with Crippen LogP contribution < -0.4 is 0 Å². The molecule has 2 nitrogen and oxygen atoms in total. The van der Waals surface area contributed by atoms with Gasteiger partial charge in [-0.3, -0.25) is 4.99 Å². The number of fused-ring (bicyclic) bond motifs is 2. The van der Waals surface area contributed by atoms with Gasteiger partial charge in [-0.2, -0.15) is 0 Å². The third-order valence-corrected chi connectivity index (χ3v) is 5.95. The predicted molar refractivity (Wildman–Crippen MR) is 82.9 cm³/mol. The molecule has 1 aromatic carbocycles. The van der Waals surface area contributed by atoms with E-state index in [1.807, 2.05) is 29.3 Å². The largest absolute Gasteiger partial charge is 0.263 e. The van der Waals surface area contributed by atoms with Crippen LogP contribution in [0.15, 0.2) is 49.9 Å². The summed E-state index contributed by atoms with van der Waals surface area (Å²) in [6.45, 7) is 0. The van der Waals surface area contributed by atoms with Crippen LogP contribution in [0.4, 0.5) is 0 Å². The van der Waals surface area contributed by atoms with Gasteiger partial charge in [0, 0.05) is 17.9 Å². The molecule has 2 atom stereocenters. The van der Waals surface area contributed by atoms with Crippen molar-refractivity contribution in [1.29, 1.82) is 0 Å². The minimum Gasteiger partial charge on any atom is -0.263 e. The van der Waals surface area contributed by atoms with Crippen LogP contribution in [0.3, 0.4) is 0 Å². The SMILES string of the molecule is C1=NC=NC1C1c2ccccc2CSc2sccc21. The maximum atomic E-state index is 4.53. The zero-order valence-corrected chi connectivity index (χ0v) is 11.8. The molecule has 4 rings (SSSR count). The topological polar surface area (TPSA) is 24.7 Å². The first kappa shape index (κ1) is 11.4. The maximum Gasteiger partial charge on any atom is 0.110 e. The Labute approximate surface area is 120 Å². The lowest BCUT2D eigenvalue weighted by molar-refractivity contribution is 0.743. The first-order valence-corrected chi connectivity index (χ1v) is 8.13. The summed E-state index contributed by atoms with van der Waals surface area (Å²) in [6.07, 6.45) is 3.65. The van der Waals surface area contributed by atoms with Gasteiger partial charge >= 0.3 is 0 Å². The highest BCUT2D eigenvalue weighted by atomic mass is 32.2. The molecule has 4 heteroatoms. The van der Waals surface area contributed by atoms with E-state index in [2.05, 4.69) is 45.7 Å². The maximum absolute atomic E-state index is 4.53. The Morgan fingerprint density at radius 2 is 2.05 bits per heavy atom. The first-order chi connectivity index (χ1) is 9.43. The highest BCUT2D eigenvalue weighted by Gasteiger charge is 2.31. The number of hydrogen-bond donors (Lipinski definition) is 0. The van der Waals surface area contributed by atoms with Crippen molar-refractivity contribution in [1.82, 2.24) is 0 Å². The molecule has 0 spiro atoms. The van der Waals surface area contributed by atoms with Crippen molar-refractivity contribution < 1.29 is 0 Å². The van der Waals surface area contributed by atoms with Gasteiger partial charge in [0.15, 0.2) is 0 Å². The first-order valence-electron chi connectivity index (χ1n) is 6.26. The molecule has 0 fully saturated rings. The number of hydrogen-bond acceptors (Lipinski definition) is 4. The third-order valence-electron chi connectivity index (χ3n) is 3.63. The van der Waals surface area contributed by atoms with Gasteiger partial charge in [-0.05, 0) is 28.1 Å². The molecule has 19 heavy (non-hydrogen) atoms. The Morgan fingerprint density at radius 1 is 1.11 bits per heavy atom. The Kier molecular flexibility index (Phi) is 2.78. The molecule has 0 radical (unpaired) electrons. The Hall–Kier alpha value is -1.39. The number of thiophene rings is 1. The monoisotopic (exact) mass is 284 g/mol. The van der Waals surface area contributed by atoms with Gasteiger partial charge in [0.1, 0.15) is 6.34 Å². The molecule has 3 heterocycles. The average molecular weight is 284 g/mol. The predicted octanol–water partition coefficient (Wildman–Crippen LogP) is 3.97. The summed E-state index contributed by atoms with van der Waals surface area (Å²) in [4.78, 5) is 8.71. The minimum absolute atomic E-state index is 0.146. The Balaban J connectivity index is 1.92. The number of thioether (sulfide) groups is 1. The van der Waals surface area contributed by atoms with Crippen LogP contribution in [0.5, 0.6) is 0 Å². The molecule has 0 N–H and O–H groups in total. The van der Waals surface area contributed by atoms with Crippen LogP contribution >= 0.6 is 23.1 Å². The standard InChI is InChI=1S/C15H12N2S2/c1-2-4-11-10(3-1)8-19-15-12(5-6-18-15)14(11)13-7-16-9-17-13/h1-7,9,13-14H,8H2. The summed E-state index contributed by atoms with van der Waals surface area (Å²) in [7, 11) is 0. The van der Waals surface area contributed by atoms with Crippen LogP contribution in [0.25, 0.3) is 0 Å². The van der Waals surface area contributed by atoms with Crippen molar-refractivity contribution in [2.24, 2.45) is 9.98 Å². The highest BCUT2D eigenvalue weighted by Crippen LogP contribution is 2.45. The van der Waals surface area contributed by atoms with E-state index in [-0.39, 0.29) is 6.04 Å². The van der Waals surface area contributed by atoms with Gasteiger partial charge in [0.2, 0.25) is 0 Å². The molecule has 2 aliphatic rings. The number of aliphatic imine (C=N–C) groups is 2. The average Bonchev–Trinajstić information content (AvgIpc) is 3.09. The lowest BCUT2D eigenvalue weighted by Crippen LogP contribution is -2.18. The van der Waals surface area contributed by atoms with Gasteiger partial charge < -0.3 is 0 Å². The molecule has 94 valence electrons. The van der Waals surface area contributed by atoms with Crippen LogP contribution in [0.1, 0.15) is 22.6 Å². The summed E-state index contributed by atoms with van der Waals surface area (Å²) in [5, 5.41) is 2.19. The summed E-state index contributed by atoms with van der Waals surface area (Å²) in [5.74, 6) is 1.36. The smallest absolute Gasteiger partial charge is 0.110 e. The van der Waals surface area contributed by atoms with Crippen molar-refractivity contribution in [2.45, 2.75) is 21.9 Å². The molecular weight excluding hydrogens is 272 g/mol. The zero-order chi connectivity index (χ0) is 12.7. The normalized spacial score (nSPS) is 24.0. The van der Waals surface area contributed by atoms with Crippen LogP contribution in [0.2, 0.25) is 0 Å². The summed E-state index contributed by atoms with van der Waals surface area (Å²) in [5.41, 5.74) is 4.24. The van der Waals surface area contributed by atoms with Crippen molar-refractivity contribution in [3.63, 3.8) is 0 Å². The molecule has 2 aromatic rings.